The Kier molecular flexibility index (Phi) is 6.74. The molecule has 3 rings (SSSR count). The summed E-state index contributed by atoms with van der Waals surface area (Å²) in [6, 6.07) is 12.3. The molecular formula is C20H17Cl2N3O3S. The van der Waals surface area contributed by atoms with E-state index in [4.69, 9.17) is 27.9 Å². The number of nitrogens with zero attached hydrogens (tertiary/aromatic N) is 2. The third-order valence-electron chi connectivity index (χ3n) is 4.02. The van der Waals surface area contributed by atoms with Crippen LogP contribution in [-0.2, 0) is 4.79 Å². The van der Waals surface area contributed by atoms with Crippen molar-refractivity contribution in [3.8, 4) is 16.3 Å². The van der Waals surface area contributed by atoms with Gasteiger partial charge < -0.3 is 15.0 Å². The highest BCUT2D eigenvalue weighted by Crippen LogP contribution is 2.32. The number of para-hydroxylation sites is 2. The van der Waals surface area contributed by atoms with E-state index in [1.54, 1.807) is 30.7 Å². The average molecular weight is 450 g/mol. The van der Waals surface area contributed by atoms with Crippen LogP contribution >= 0.6 is 34.5 Å². The van der Waals surface area contributed by atoms with Gasteiger partial charge in [0.25, 0.3) is 5.91 Å². The van der Waals surface area contributed by atoms with Crippen LogP contribution in [0.2, 0.25) is 10.0 Å². The number of thiazole rings is 1. The lowest BCUT2D eigenvalue weighted by Crippen LogP contribution is -2.35. The van der Waals surface area contributed by atoms with Gasteiger partial charge in [-0.25, -0.2) is 4.98 Å². The first-order valence-corrected chi connectivity index (χ1v) is 10.1. The van der Waals surface area contributed by atoms with Crippen molar-refractivity contribution in [3.63, 3.8) is 0 Å². The Balaban J connectivity index is 1.69. The second-order valence-corrected chi connectivity index (χ2v) is 7.72. The zero-order chi connectivity index (χ0) is 21.0. The van der Waals surface area contributed by atoms with Gasteiger partial charge in [-0.05, 0) is 24.3 Å². The molecule has 0 saturated heterocycles. The fourth-order valence-electron chi connectivity index (χ4n) is 2.60. The molecule has 150 valence electrons. The number of hydrogen-bond acceptors (Lipinski definition) is 5. The summed E-state index contributed by atoms with van der Waals surface area (Å²) >= 11 is 13.4. The molecule has 3 aromatic rings. The number of hydrogen-bond donors (Lipinski definition) is 1. The fourth-order valence-corrected chi connectivity index (χ4v) is 3.91. The lowest BCUT2D eigenvalue weighted by Gasteiger charge is -2.16. The Morgan fingerprint density at radius 3 is 2.52 bits per heavy atom. The first-order valence-electron chi connectivity index (χ1n) is 8.49. The number of benzene rings is 2. The molecule has 0 aliphatic carbocycles. The van der Waals surface area contributed by atoms with Crippen LogP contribution in [-0.4, -0.2) is 42.4 Å². The molecule has 0 spiro atoms. The number of likely N-dealkylation sites (N-methyl/N-ethyl adjacent to an activating group) is 1. The van der Waals surface area contributed by atoms with E-state index in [1.165, 1.54) is 23.3 Å². The van der Waals surface area contributed by atoms with E-state index in [2.05, 4.69) is 10.3 Å². The number of aromatic nitrogens is 1. The number of methoxy groups -OCH3 is 1. The van der Waals surface area contributed by atoms with Crippen LogP contribution in [0.1, 0.15) is 10.5 Å². The maximum atomic E-state index is 12.7. The molecule has 1 aromatic heterocycles. The lowest BCUT2D eigenvalue weighted by atomic mass is 10.2. The molecule has 9 heteroatoms. The predicted octanol–water partition coefficient (Wildman–Crippen LogP) is 4.84. The normalized spacial score (nSPS) is 10.5. The van der Waals surface area contributed by atoms with Crippen molar-refractivity contribution in [1.29, 1.82) is 0 Å². The SMILES string of the molecule is COc1ccccc1-c1nc(C(=O)N(C)CC(=O)Nc2c(Cl)cccc2Cl)cs1. The number of ether oxygens (including phenoxy) is 1. The van der Waals surface area contributed by atoms with Gasteiger partial charge in [-0.3, -0.25) is 9.59 Å². The molecule has 0 saturated carbocycles. The molecule has 0 aliphatic rings. The van der Waals surface area contributed by atoms with Crippen LogP contribution in [0.3, 0.4) is 0 Å². The standard InChI is InChI=1S/C20H17Cl2N3O3S/c1-25(10-17(26)24-18-13(21)7-5-8-14(18)22)20(27)15-11-29-19(23-15)12-6-3-4-9-16(12)28-2/h3-9,11H,10H2,1-2H3,(H,24,26). The molecule has 0 unspecified atom stereocenters. The van der Waals surface area contributed by atoms with Gasteiger partial charge in [0.15, 0.2) is 0 Å². The lowest BCUT2D eigenvalue weighted by molar-refractivity contribution is -0.116. The summed E-state index contributed by atoms with van der Waals surface area (Å²) in [5, 5.41) is 5.59. The molecular weight excluding hydrogens is 433 g/mol. The van der Waals surface area contributed by atoms with E-state index in [9.17, 15) is 9.59 Å². The molecule has 0 fully saturated rings. The minimum atomic E-state index is -0.420. The highest BCUT2D eigenvalue weighted by atomic mass is 35.5. The van der Waals surface area contributed by atoms with Gasteiger partial charge in [-0.15, -0.1) is 11.3 Å². The molecule has 0 aliphatic heterocycles. The molecule has 2 amide bonds. The largest absolute Gasteiger partial charge is 0.496 e. The third-order valence-corrected chi connectivity index (χ3v) is 5.52. The number of nitrogens with one attached hydrogen (secondary N) is 1. The third kappa shape index (κ3) is 4.87. The molecule has 1 N–H and O–H groups in total. The van der Waals surface area contributed by atoms with Crippen LogP contribution < -0.4 is 10.1 Å². The van der Waals surface area contributed by atoms with Crippen molar-refractivity contribution in [2.24, 2.45) is 0 Å². The quantitative estimate of drug-likeness (QED) is 0.584. The number of carbonyl (C=O) groups is 2. The van der Waals surface area contributed by atoms with E-state index in [1.807, 2.05) is 24.3 Å². The minimum Gasteiger partial charge on any atom is -0.496 e. The summed E-state index contributed by atoms with van der Waals surface area (Å²) in [7, 11) is 3.11. The highest BCUT2D eigenvalue weighted by molar-refractivity contribution is 7.13. The van der Waals surface area contributed by atoms with E-state index >= 15 is 0 Å². The van der Waals surface area contributed by atoms with E-state index in [-0.39, 0.29) is 18.1 Å². The van der Waals surface area contributed by atoms with Crippen molar-refractivity contribution in [2.45, 2.75) is 0 Å². The zero-order valence-electron chi connectivity index (χ0n) is 15.6. The Morgan fingerprint density at radius 1 is 1.14 bits per heavy atom. The van der Waals surface area contributed by atoms with Crippen molar-refractivity contribution in [2.75, 3.05) is 26.0 Å². The summed E-state index contributed by atoms with van der Waals surface area (Å²) in [6.45, 7) is -0.179. The van der Waals surface area contributed by atoms with Crippen LogP contribution in [0, 0.1) is 0 Å². The topological polar surface area (TPSA) is 71.5 Å². The van der Waals surface area contributed by atoms with Gasteiger partial charge in [-0.2, -0.15) is 0 Å². The Morgan fingerprint density at radius 2 is 1.83 bits per heavy atom. The number of carbonyl (C=O) groups excluding carboxylic acids is 2. The van der Waals surface area contributed by atoms with E-state index in [0.717, 1.165) is 5.56 Å². The van der Waals surface area contributed by atoms with Gasteiger partial charge in [0, 0.05) is 12.4 Å². The van der Waals surface area contributed by atoms with Crippen LogP contribution in [0.5, 0.6) is 5.75 Å². The number of rotatable bonds is 6. The second-order valence-electron chi connectivity index (χ2n) is 6.04. The summed E-state index contributed by atoms with van der Waals surface area (Å²) in [5.41, 5.74) is 1.36. The zero-order valence-corrected chi connectivity index (χ0v) is 17.9. The van der Waals surface area contributed by atoms with Crippen molar-refractivity contribution < 1.29 is 14.3 Å². The highest BCUT2D eigenvalue weighted by Gasteiger charge is 2.20. The summed E-state index contributed by atoms with van der Waals surface area (Å²) in [5.74, 6) is -0.121. The molecule has 29 heavy (non-hydrogen) atoms. The summed E-state index contributed by atoms with van der Waals surface area (Å²) < 4.78 is 5.34. The first-order chi connectivity index (χ1) is 13.9. The van der Waals surface area contributed by atoms with Crippen LogP contribution in [0.25, 0.3) is 10.6 Å². The molecule has 0 radical (unpaired) electrons. The van der Waals surface area contributed by atoms with Crippen LogP contribution in [0.4, 0.5) is 5.69 Å². The van der Waals surface area contributed by atoms with E-state index < -0.39 is 5.91 Å². The molecule has 0 bridgehead atoms. The predicted molar refractivity (Wildman–Crippen MR) is 116 cm³/mol. The molecule has 0 atom stereocenters. The van der Waals surface area contributed by atoms with Crippen molar-refractivity contribution in [1.82, 2.24) is 9.88 Å². The van der Waals surface area contributed by atoms with Gasteiger partial charge in [0.1, 0.15) is 16.5 Å². The van der Waals surface area contributed by atoms with Gasteiger partial charge in [0.2, 0.25) is 5.91 Å². The molecule has 1 heterocycles. The van der Waals surface area contributed by atoms with Crippen molar-refractivity contribution in [3.05, 3.63) is 63.6 Å². The molecule has 2 aromatic carbocycles. The van der Waals surface area contributed by atoms with Crippen LogP contribution in [0.15, 0.2) is 47.8 Å². The average Bonchev–Trinajstić information content (AvgIpc) is 3.20. The maximum Gasteiger partial charge on any atom is 0.273 e. The van der Waals surface area contributed by atoms with E-state index in [0.29, 0.717) is 26.5 Å². The Bertz CT molecular complexity index is 1030. The summed E-state index contributed by atoms with van der Waals surface area (Å²) in [4.78, 5) is 30.7. The Labute approximate surface area is 182 Å². The molecule has 6 nitrogen and oxygen atoms in total. The summed E-state index contributed by atoms with van der Waals surface area (Å²) in [6.07, 6.45) is 0. The first kappa shape index (κ1) is 21.1. The number of amides is 2. The minimum absolute atomic E-state index is 0.179. The van der Waals surface area contributed by atoms with Gasteiger partial charge in [0.05, 0.1) is 35.0 Å². The number of halogens is 2. The Hall–Kier alpha value is -2.61. The van der Waals surface area contributed by atoms with Crippen molar-refractivity contribution >= 4 is 52.0 Å². The fraction of sp³-hybridized carbons (Fsp3) is 0.150. The smallest absolute Gasteiger partial charge is 0.273 e. The second kappa shape index (κ2) is 9.26. The monoisotopic (exact) mass is 449 g/mol. The van der Waals surface area contributed by atoms with Gasteiger partial charge in [-0.1, -0.05) is 41.4 Å². The maximum absolute atomic E-state index is 12.7. The number of anilines is 1. The van der Waals surface area contributed by atoms with Gasteiger partial charge >= 0.3 is 0 Å².